The minimum absolute atomic E-state index is 0.678. The number of hydrogen-bond acceptors (Lipinski definition) is 4. The van der Waals surface area contributed by atoms with Gasteiger partial charge in [0.2, 0.25) is 0 Å². The lowest BCUT2D eigenvalue weighted by Crippen LogP contribution is -2.05. The molecule has 0 saturated carbocycles. The van der Waals surface area contributed by atoms with Gasteiger partial charge < -0.3 is 0 Å². The summed E-state index contributed by atoms with van der Waals surface area (Å²) in [5.41, 5.74) is 9.06. The molecule has 0 unspecified atom stereocenters. The quantitative estimate of drug-likeness (QED) is 0.293. The monoisotopic (exact) mass is 469 g/mol. The molecule has 176 valence electrons. The lowest BCUT2D eigenvalue weighted by Gasteiger charge is -2.13. The van der Waals surface area contributed by atoms with Gasteiger partial charge >= 0.3 is 0 Å². The summed E-state index contributed by atoms with van der Waals surface area (Å²) < 4.78 is 1.89. The molecular formula is C31H27N5. The minimum Gasteiger partial charge on any atom is -0.248 e. The van der Waals surface area contributed by atoms with Crippen LogP contribution in [-0.4, -0.2) is 24.7 Å². The topological polar surface area (TPSA) is 56.5 Å². The maximum absolute atomic E-state index is 5.46. The second-order valence-corrected chi connectivity index (χ2v) is 9.00. The zero-order valence-corrected chi connectivity index (χ0v) is 20.5. The van der Waals surface area contributed by atoms with E-state index >= 15 is 0 Å². The highest BCUT2D eigenvalue weighted by Crippen LogP contribution is 2.21. The molecule has 3 aromatic carbocycles. The van der Waals surface area contributed by atoms with Crippen molar-refractivity contribution in [1.29, 1.82) is 0 Å². The van der Waals surface area contributed by atoms with Gasteiger partial charge in [-0.3, -0.25) is 0 Å². The molecule has 0 fully saturated rings. The second-order valence-electron chi connectivity index (χ2n) is 9.00. The summed E-state index contributed by atoms with van der Waals surface area (Å²) in [6.45, 7) is 5.01. The lowest BCUT2D eigenvalue weighted by atomic mass is 9.95. The number of benzene rings is 3. The maximum Gasteiger partial charge on any atom is 0.181 e. The fourth-order valence-electron chi connectivity index (χ4n) is 4.44. The molecular weight excluding hydrogens is 442 g/mol. The van der Waals surface area contributed by atoms with Gasteiger partial charge in [0.25, 0.3) is 0 Å². The maximum atomic E-state index is 5.46. The summed E-state index contributed by atoms with van der Waals surface area (Å²) in [5.74, 6) is 4.21. The largest absolute Gasteiger partial charge is 0.248 e. The van der Waals surface area contributed by atoms with Crippen LogP contribution < -0.4 is 0 Å². The van der Waals surface area contributed by atoms with Crippen LogP contribution in [0.25, 0.3) is 11.4 Å². The van der Waals surface area contributed by atoms with Crippen molar-refractivity contribution in [3.63, 3.8) is 0 Å². The third kappa shape index (κ3) is 5.39. The molecule has 5 aromatic rings. The lowest BCUT2D eigenvalue weighted by molar-refractivity contribution is 0.685. The molecule has 5 nitrogen and oxygen atoms in total. The van der Waals surface area contributed by atoms with Crippen LogP contribution in [-0.2, 0) is 19.4 Å². The predicted octanol–water partition coefficient (Wildman–Crippen LogP) is 5.56. The van der Waals surface area contributed by atoms with Gasteiger partial charge in [0.15, 0.2) is 5.82 Å². The van der Waals surface area contributed by atoms with Crippen LogP contribution in [0.4, 0.5) is 0 Å². The summed E-state index contributed by atoms with van der Waals surface area (Å²) >= 11 is 0. The first-order valence-corrected chi connectivity index (χ1v) is 12.0. The minimum atomic E-state index is 0.678. The number of aromatic nitrogens is 5. The first-order valence-electron chi connectivity index (χ1n) is 12.0. The number of nitrogens with zero attached hydrogens (tertiary/aromatic N) is 5. The van der Waals surface area contributed by atoms with E-state index in [1.54, 1.807) is 6.33 Å². The molecule has 5 rings (SSSR count). The molecule has 5 heteroatoms. The molecule has 2 aromatic heterocycles. The number of rotatable bonds is 7. The average molecular weight is 470 g/mol. The summed E-state index contributed by atoms with van der Waals surface area (Å²) in [5, 5.41) is 4.66. The Labute approximate surface area is 211 Å². The fourth-order valence-corrected chi connectivity index (χ4v) is 4.44. The first kappa shape index (κ1) is 23.2. The van der Waals surface area contributed by atoms with Gasteiger partial charge in [0.05, 0.1) is 6.54 Å². The van der Waals surface area contributed by atoms with E-state index in [1.807, 2.05) is 71.5 Å². The van der Waals surface area contributed by atoms with Gasteiger partial charge in [0, 0.05) is 35.9 Å². The highest BCUT2D eigenvalue weighted by molar-refractivity contribution is 5.53. The van der Waals surface area contributed by atoms with E-state index in [1.165, 1.54) is 22.3 Å². The van der Waals surface area contributed by atoms with E-state index in [4.69, 9.17) is 11.4 Å². The van der Waals surface area contributed by atoms with Crippen molar-refractivity contribution in [3.05, 3.63) is 130 Å². The van der Waals surface area contributed by atoms with E-state index in [2.05, 4.69) is 47.0 Å². The zero-order chi connectivity index (χ0) is 24.9. The smallest absolute Gasteiger partial charge is 0.181 e. The van der Waals surface area contributed by atoms with Gasteiger partial charge in [0.1, 0.15) is 12.2 Å². The third-order valence-electron chi connectivity index (χ3n) is 6.27. The first-order chi connectivity index (χ1) is 17.6. The van der Waals surface area contributed by atoms with E-state index < -0.39 is 0 Å². The summed E-state index contributed by atoms with van der Waals surface area (Å²) in [6.07, 6.45) is 10.6. The summed E-state index contributed by atoms with van der Waals surface area (Å²) in [6, 6.07) is 24.5. The molecule has 0 atom stereocenters. The molecule has 2 heterocycles. The van der Waals surface area contributed by atoms with Crippen LogP contribution in [0.15, 0.2) is 85.3 Å². The third-order valence-corrected chi connectivity index (χ3v) is 6.27. The van der Waals surface area contributed by atoms with Crippen molar-refractivity contribution in [2.75, 3.05) is 0 Å². The van der Waals surface area contributed by atoms with Crippen LogP contribution in [0.3, 0.4) is 0 Å². The SMILES string of the molecule is C#Cc1ccc(Cc2nccc(Cc3c(C)cc(Cn4cnc(-c5ccccc5)n4)cc3C)n2)cc1. The number of hydrogen-bond donors (Lipinski definition) is 0. The molecule has 36 heavy (non-hydrogen) atoms. The van der Waals surface area contributed by atoms with Gasteiger partial charge in [-0.1, -0.05) is 60.5 Å². The Morgan fingerprint density at radius 1 is 0.833 bits per heavy atom. The van der Waals surface area contributed by atoms with E-state index in [0.717, 1.165) is 40.5 Å². The van der Waals surface area contributed by atoms with E-state index in [0.29, 0.717) is 13.0 Å². The Morgan fingerprint density at radius 2 is 1.58 bits per heavy atom. The van der Waals surface area contributed by atoms with Crippen molar-refractivity contribution in [2.24, 2.45) is 0 Å². The fraction of sp³-hybridized carbons (Fsp3) is 0.161. The Hall–Kier alpha value is -4.56. The summed E-state index contributed by atoms with van der Waals surface area (Å²) in [4.78, 5) is 13.8. The molecule has 0 aliphatic heterocycles. The van der Waals surface area contributed by atoms with Crippen molar-refractivity contribution in [1.82, 2.24) is 24.7 Å². The highest BCUT2D eigenvalue weighted by atomic mass is 15.3. The molecule has 0 bridgehead atoms. The predicted molar refractivity (Wildman–Crippen MR) is 142 cm³/mol. The molecule has 0 N–H and O–H groups in total. The average Bonchev–Trinajstić information content (AvgIpc) is 3.36. The Bertz CT molecular complexity index is 1500. The van der Waals surface area contributed by atoms with Crippen molar-refractivity contribution < 1.29 is 0 Å². The van der Waals surface area contributed by atoms with Crippen LogP contribution in [0.5, 0.6) is 0 Å². The Kier molecular flexibility index (Phi) is 6.68. The van der Waals surface area contributed by atoms with Gasteiger partial charge in [-0.05, 0) is 59.9 Å². The van der Waals surface area contributed by atoms with E-state index in [9.17, 15) is 0 Å². The molecule has 0 aliphatic carbocycles. The number of terminal acetylenes is 1. The molecule has 0 saturated heterocycles. The van der Waals surface area contributed by atoms with Crippen LogP contribution in [0, 0.1) is 26.2 Å². The van der Waals surface area contributed by atoms with Crippen LogP contribution in [0.2, 0.25) is 0 Å². The molecule has 0 spiro atoms. The molecule has 0 amide bonds. The van der Waals surface area contributed by atoms with Crippen LogP contribution >= 0.6 is 0 Å². The summed E-state index contributed by atoms with van der Waals surface area (Å²) in [7, 11) is 0. The second kappa shape index (κ2) is 10.4. The van der Waals surface area contributed by atoms with Gasteiger partial charge in [-0.25, -0.2) is 19.6 Å². The molecule has 0 aliphatic rings. The highest BCUT2D eigenvalue weighted by Gasteiger charge is 2.10. The van der Waals surface area contributed by atoms with Gasteiger partial charge in [-0.2, -0.15) is 5.10 Å². The zero-order valence-electron chi connectivity index (χ0n) is 20.5. The molecule has 0 radical (unpaired) electrons. The van der Waals surface area contributed by atoms with Crippen molar-refractivity contribution in [2.45, 2.75) is 33.2 Å². The number of aryl methyl sites for hydroxylation is 2. The Balaban J connectivity index is 1.30. The van der Waals surface area contributed by atoms with Crippen molar-refractivity contribution in [3.8, 4) is 23.7 Å². The Morgan fingerprint density at radius 3 is 2.31 bits per heavy atom. The van der Waals surface area contributed by atoms with Crippen molar-refractivity contribution >= 4 is 0 Å². The van der Waals surface area contributed by atoms with Gasteiger partial charge in [-0.15, -0.1) is 6.42 Å². The normalized spacial score (nSPS) is 10.8. The van der Waals surface area contributed by atoms with E-state index in [-0.39, 0.29) is 0 Å². The standard InChI is InChI=1S/C31H27N5/c1-4-24-10-12-25(13-11-24)18-30-32-15-14-28(34-30)19-29-22(2)16-26(17-23(29)3)20-36-21-33-31(35-36)27-8-6-5-7-9-27/h1,5-17,21H,18-20H2,2-3H3. The van der Waals surface area contributed by atoms with Crippen LogP contribution in [0.1, 0.15) is 44.9 Å².